The van der Waals surface area contributed by atoms with Gasteiger partial charge >= 0.3 is 5.97 Å². The number of aliphatic carboxylic acids is 1. The molecule has 122 valence electrons. The van der Waals surface area contributed by atoms with Crippen LogP contribution in [0.1, 0.15) is 6.92 Å². The molecule has 0 heterocycles. The summed E-state index contributed by atoms with van der Waals surface area (Å²) in [5.41, 5.74) is 0. The molecule has 0 aliphatic rings. The van der Waals surface area contributed by atoms with Gasteiger partial charge in [-0.1, -0.05) is 46.4 Å². The minimum Gasteiger partial charge on any atom is -0.480 e. The van der Waals surface area contributed by atoms with E-state index >= 15 is 0 Å². The van der Waals surface area contributed by atoms with Crippen molar-refractivity contribution in [3.63, 3.8) is 0 Å². The van der Waals surface area contributed by atoms with Crippen molar-refractivity contribution in [3.8, 4) is 0 Å². The number of hydrogen-bond donors (Lipinski definition) is 2. The third kappa shape index (κ3) is 4.76. The normalized spacial score (nSPS) is 12.1. The largest absolute Gasteiger partial charge is 0.480 e. The Morgan fingerprint density at radius 2 is 1.55 bits per heavy atom. The van der Waals surface area contributed by atoms with Crippen molar-refractivity contribution < 1.29 is 14.7 Å². The number of carboxylic acid groups (broad SMARTS) is 1. The highest BCUT2D eigenvalue weighted by atomic mass is 35.5. The van der Waals surface area contributed by atoms with Gasteiger partial charge in [-0.05, 0) is 6.26 Å². The van der Waals surface area contributed by atoms with Gasteiger partial charge in [-0.3, -0.25) is 4.79 Å². The average Bonchev–Trinajstić information content (AvgIpc) is 2.44. The van der Waals surface area contributed by atoms with Gasteiger partial charge < -0.3 is 10.4 Å². The maximum Gasteiger partial charge on any atom is 0.327 e. The van der Waals surface area contributed by atoms with Gasteiger partial charge in [0, 0.05) is 22.5 Å². The Morgan fingerprint density at radius 1 is 1.09 bits per heavy atom. The minimum atomic E-state index is -1.16. The number of thioether (sulfide) groups is 2. The Morgan fingerprint density at radius 3 is 1.91 bits per heavy atom. The quantitative estimate of drug-likeness (QED) is 0.513. The van der Waals surface area contributed by atoms with Crippen LogP contribution in [0, 0.1) is 0 Å². The molecule has 1 amide bonds. The van der Waals surface area contributed by atoms with Crippen molar-refractivity contribution in [2.75, 3.05) is 12.0 Å². The van der Waals surface area contributed by atoms with Crippen LogP contribution in [0.15, 0.2) is 9.79 Å². The number of amides is 1. The van der Waals surface area contributed by atoms with Gasteiger partial charge in [0.2, 0.25) is 5.91 Å². The van der Waals surface area contributed by atoms with Crippen LogP contribution in [0.4, 0.5) is 0 Å². The second-order valence-corrected chi connectivity index (χ2v) is 7.38. The third-order valence-corrected chi connectivity index (χ3v) is 6.62. The zero-order valence-electron chi connectivity index (χ0n) is 11.4. The van der Waals surface area contributed by atoms with E-state index in [4.69, 9.17) is 51.5 Å². The fourth-order valence-electron chi connectivity index (χ4n) is 1.48. The molecule has 22 heavy (non-hydrogen) atoms. The molecule has 1 rings (SSSR count). The molecular formula is C12H11Cl4NO3S2. The van der Waals surface area contributed by atoms with Gasteiger partial charge in [0.05, 0.1) is 20.1 Å². The van der Waals surface area contributed by atoms with Gasteiger partial charge in [0.15, 0.2) is 0 Å². The van der Waals surface area contributed by atoms with E-state index in [1.54, 1.807) is 6.26 Å². The molecule has 2 N–H and O–H groups in total. The van der Waals surface area contributed by atoms with Crippen molar-refractivity contribution >= 4 is 81.8 Å². The monoisotopic (exact) mass is 421 g/mol. The Balaban J connectivity index is 3.08. The number of benzene rings is 1. The highest BCUT2D eigenvalue weighted by molar-refractivity contribution is 7.99. The van der Waals surface area contributed by atoms with Gasteiger partial charge in [0.25, 0.3) is 0 Å². The molecule has 1 aromatic carbocycles. The second-order valence-electron chi connectivity index (χ2n) is 4.02. The predicted octanol–water partition coefficient (Wildman–Crippen LogP) is 4.70. The van der Waals surface area contributed by atoms with Crippen LogP contribution < -0.4 is 5.32 Å². The molecule has 0 spiro atoms. The maximum atomic E-state index is 11.1. The van der Waals surface area contributed by atoms with Crippen LogP contribution in [0.2, 0.25) is 20.1 Å². The van der Waals surface area contributed by atoms with Crippen LogP contribution in [0.3, 0.4) is 0 Å². The molecular weight excluding hydrogens is 412 g/mol. The van der Waals surface area contributed by atoms with E-state index in [1.165, 1.54) is 18.7 Å². The Kier molecular flexibility index (Phi) is 7.99. The van der Waals surface area contributed by atoms with E-state index < -0.39 is 17.9 Å². The van der Waals surface area contributed by atoms with Crippen LogP contribution in [0.25, 0.3) is 0 Å². The fraction of sp³-hybridized carbons (Fsp3) is 0.333. The Bertz CT molecular complexity index is 584. The SMILES string of the molecule is CSc1c(Cl)c(Cl)c(SCC(NC(C)=O)C(=O)O)c(Cl)c1Cl. The smallest absolute Gasteiger partial charge is 0.327 e. The molecule has 0 aromatic heterocycles. The van der Waals surface area contributed by atoms with Crippen LogP contribution >= 0.6 is 69.9 Å². The molecule has 1 atom stereocenters. The van der Waals surface area contributed by atoms with E-state index in [9.17, 15) is 9.59 Å². The molecule has 0 saturated heterocycles. The number of carbonyl (C=O) groups is 2. The number of halogens is 4. The van der Waals surface area contributed by atoms with Gasteiger partial charge in [-0.15, -0.1) is 23.5 Å². The van der Waals surface area contributed by atoms with E-state index in [-0.39, 0.29) is 25.8 Å². The first-order valence-corrected chi connectivity index (χ1v) is 9.45. The molecule has 0 bridgehead atoms. The summed E-state index contributed by atoms with van der Waals surface area (Å²) in [7, 11) is 0. The van der Waals surface area contributed by atoms with Gasteiger partial charge in [-0.25, -0.2) is 4.79 Å². The highest BCUT2D eigenvalue weighted by Gasteiger charge is 2.24. The van der Waals surface area contributed by atoms with Crippen LogP contribution in [0.5, 0.6) is 0 Å². The maximum absolute atomic E-state index is 11.1. The predicted molar refractivity (Wildman–Crippen MR) is 94.2 cm³/mol. The molecule has 1 unspecified atom stereocenters. The first-order valence-electron chi connectivity index (χ1n) is 5.73. The van der Waals surface area contributed by atoms with Crippen molar-refractivity contribution in [1.82, 2.24) is 5.32 Å². The fourth-order valence-corrected chi connectivity index (χ4v) is 4.93. The number of nitrogens with one attached hydrogen (secondary N) is 1. The summed E-state index contributed by atoms with van der Waals surface area (Å²) in [5, 5.41) is 12.3. The first-order chi connectivity index (χ1) is 10.2. The number of carbonyl (C=O) groups excluding carboxylic acids is 1. The molecule has 0 aliphatic carbocycles. The van der Waals surface area contributed by atoms with Crippen molar-refractivity contribution in [2.45, 2.75) is 22.8 Å². The first kappa shape index (κ1) is 20.1. The summed E-state index contributed by atoms with van der Waals surface area (Å²) in [6.07, 6.45) is 1.78. The molecule has 0 fully saturated rings. The van der Waals surface area contributed by atoms with E-state index in [1.807, 2.05) is 0 Å². The Labute approximate surface area is 156 Å². The lowest BCUT2D eigenvalue weighted by Gasteiger charge is -2.16. The summed E-state index contributed by atoms with van der Waals surface area (Å²) >= 11 is 27.0. The lowest BCUT2D eigenvalue weighted by Crippen LogP contribution is -2.41. The molecule has 10 heteroatoms. The molecule has 0 saturated carbocycles. The zero-order chi connectivity index (χ0) is 17.0. The molecule has 1 aromatic rings. The molecule has 0 aliphatic heterocycles. The van der Waals surface area contributed by atoms with E-state index in [2.05, 4.69) is 5.32 Å². The standard InChI is InChI=1S/C12H11Cl4NO3S2/c1-4(18)17-5(12(19)20)3-22-11-8(15)6(13)10(21-2)7(14)9(11)16/h5H,3H2,1-2H3,(H,17,18)(H,19,20). The zero-order valence-corrected chi connectivity index (χ0v) is 16.0. The number of hydrogen-bond acceptors (Lipinski definition) is 4. The van der Waals surface area contributed by atoms with Gasteiger partial charge in [0.1, 0.15) is 6.04 Å². The third-order valence-electron chi connectivity index (χ3n) is 2.46. The highest BCUT2D eigenvalue weighted by Crippen LogP contribution is 2.48. The Hall–Kier alpha value is 0.0200. The lowest BCUT2D eigenvalue weighted by molar-refractivity contribution is -0.140. The number of carboxylic acids is 1. The molecule has 4 nitrogen and oxygen atoms in total. The summed E-state index contributed by atoms with van der Waals surface area (Å²) < 4.78 is 0. The van der Waals surface area contributed by atoms with Crippen LogP contribution in [-0.4, -0.2) is 35.0 Å². The molecule has 0 radical (unpaired) electrons. The van der Waals surface area contributed by atoms with Crippen molar-refractivity contribution in [2.24, 2.45) is 0 Å². The average molecular weight is 423 g/mol. The summed E-state index contributed by atoms with van der Waals surface area (Å²) in [4.78, 5) is 23.1. The van der Waals surface area contributed by atoms with Crippen molar-refractivity contribution in [1.29, 1.82) is 0 Å². The van der Waals surface area contributed by atoms with Crippen molar-refractivity contribution in [3.05, 3.63) is 20.1 Å². The van der Waals surface area contributed by atoms with E-state index in [0.717, 1.165) is 11.8 Å². The minimum absolute atomic E-state index is 0.0274. The van der Waals surface area contributed by atoms with E-state index in [0.29, 0.717) is 9.79 Å². The summed E-state index contributed by atoms with van der Waals surface area (Å²) in [6, 6.07) is -1.08. The van der Waals surface area contributed by atoms with Gasteiger partial charge in [-0.2, -0.15) is 0 Å². The number of rotatable bonds is 6. The lowest BCUT2D eigenvalue weighted by atomic mass is 10.3. The van der Waals surface area contributed by atoms with Crippen LogP contribution in [-0.2, 0) is 9.59 Å². The topological polar surface area (TPSA) is 66.4 Å². The summed E-state index contributed by atoms with van der Waals surface area (Å²) in [6.45, 7) is 1.24. The summed E-state index contributed by atoms with van der Waals surface area (Å²) in [5.74, 6) is -1.58. The second kappa shape index (κ2) is 8.76.